The van der Waals surface area contributed by atoms with E-state index in [1.54, 1.807) is 12.7 Å². The van der Waals surface area contributed by atoms with E-state index >= 15 is 0 Å². The molecule has 0 bridgehead atoms. The van der Waals surface area contributed by atoms with Gasteiger partial charge in [0.2, 0.25) is 5.88 Å². The van der Waals surface area contributed by atoms with Crippen LogP contribution >= 0.6 is 0 Å². The van der Waals surface area contributed by atoms with Crippen LogP contribution in [0.4, 0.5) is 0 Å². The highest BCUT2D eigenvalue weighted by atomic mass is 16.5. The average Bonchev–Trinajstić information content (AvgIpc) is 3.15. The Balaban J connectivity index is 1.34. The number of nitrogens with zero attached hydrogens (tertiary/aromatic N) is 1. The molecule has 8 atom stereocenters. The summed E-state index contributed by atoms with van der Waals surface area (Å²) in [7, 11) is 1.74. The molecule has 4 aliphatic rings. The van der Waals surface area contributed by atoms with Crippen molar-refractivity contribution in [3.63, 3.8) is 0 Å². The number of aryl methyl sites for hydroxylation is 1. The highest BCUT2D eigenvalue weighted by molar-refractivity contribution is 5.35. The van der Waals surface area contributed by atoms with Crippen molar-refractivity contribution in [2.75, 3.05) is 7.11 Å². The molecule has 0 spiro atoms. The fourth-order valence-electron chi connectivity index (χ4n) is 9.86. The summed E-state index contributed by atoms with van der Waals surface area (Å²) in [5, 5.41) is 0. The molecule has 2 heteroatoms. The van der Waals surface area contributed by atoms with Crippen LogP contribution in [0.15, 0.2) is 12.1 Å². The van der Waals surface area contributed by atoms with Crippen LogP contribution < -0.4 is 4.74 Å². The van der Waals surface area contributed by atoms with Gasteiger partial charge in [-0.15, -0.1) is 0 Å². The van der Waals surface area contributed by atoms with Crippen LogP contribution in [0.3, 0.4) is 0 Å². The number of rotatable bonds is 6. The summed E-state index contributed by atoms with van der Waals surface area (Å²) >= 11 is 0. The van der Waals surface area contributed by atoms with Gasteiger partial charge in [-0.3, -0.25) is 0 Å². The Bertz CT molecular complexity index is 847. The van der Waals surface area contributed by atoms with Gasteiger partial charge in [0.15, 0.2) is 0 Å². The predicted octanol–water partition coefficient (Wildman–Crippen LogP) is 8.44. The van der Waals surface area contributed by atoms with Gasteiger partial charge in [0.1, 0.15) is 0 Å². The molecule has 4 aliphatic carbocycles. The molecule has 0 aromatic carbocycles. The zero-order chi connectivity index (χ0) is 23.4. The molecule has 0 radical (unpaired) electrons. The second kappa shape index (κ2) is 8.87. The molecule has 2 nitrogen and oxygen atoms in total. The lowest BCUT2D eigenvalue weighted by Gasteiger charge is -2.60. The highest BCUT2D eigenvalue weighted by Crippen LogP contribution is 2.69. The normalized spacial score (nSPS) is 40.5. The molecule has 0 amide bonds. The molecular formula is C31H49NO. The third-order valence-corrected chi connectivity index (χ3v) is 11.5. The lowest BCUT2D eigenvalue weighted by atomic mass is 9.44. The first-order chi connectivity index (χ1) is 15.8. The van der Waals surface area contributed by atoms with Crippen LogP contribution in [0, 0.1) is 46.3 Å². The monoisotopic (exact) mass is 451 g/mol. The molecule has 184 valence electrons. The lowest BCUT2D eigenvalue weighted by Crippen LogP contribution is -2.52. The summed E-state index contributed by atoms with van der Waals surface area (Å²) in [6.07, 6.45) is 15.5. The molecule has 1 aromatic rings. The fraction of sp³-hybridized carbons (Fsp3) is 0.839. The Kier molecular flexibility index (Phi) is 6.36. The minimum atomic E-state index is 0.467. The Morgan fingerprint density at radius 3 is 2.48 bits per heavy atom. The second-order valence-corrected chi connectivity index (χ2v) is 13.4. The summed E-state index contributed by atoms with van der Waals surface area (Å²) in [5.74, 6) is 7.07. The van der Waals surface area contributed by atoms with Gasteiger partial charge in [-0.05, 0) is 109 Å². The Labute approximate surface area is 203 Å². The lowest BCUT2D eigenvalue weighted by molar-refractivity contribution is -0.0899. The maximum Gasteiger partial charge on any atom is 0.213 e. The number of methoxy groups -OCH3 is 1. The topological polar surface area (TPSA) is 22.1 Å². The minimum absolute atomic E-state index is 0.467. The smallest absolute Gasteiger partial charge is 0.213 e. The van der Waals surface area contributed by atoms with Gasteiger partial charge in [-0.25, -0.2) is 4.98 Å². The van der Waals surface area contributed by atoms with E-state index in [9.17, 15) is 0 Å². The summed E-state index contributed by atoms with van der Waals surface area (Å²) in [5.41, 5.74) is 3.95. The van der Waals surface area contributed by atoms with E-state index in [2.05, 4.69) is 46.8 Å². The summed E-state index contributed by atoms with van der Waals surface area (Å²) in [6, 6.07) is 4.47. The number of pyridine rings is 1. The highest BCUT2D eigenvalue weighted by Gasteiger charge is 2.60. The molecular weight excluding hydrogens is 402 g/mol. The van der Waals surface area contributed by atoms with E-state index in [4.69, 9.17) is 9.72 Å². The Morgan fingerprint density at radius 1 is 0.939 bits per heavy atom. The van der Waals surface area contributed by atoms with E-state index in [1.165, 1.54) is 69.9 Å². The minimum Gasteiger partial charge on any atom is -0.481 e. The predicted molar refractivity (Wildman–Crippen MR) is 138 cm³/mol. The fourth-order valence-corrected chi connectivity index (χ4v) is 9.86. The molecule has 0 N–H and O–H groups in total. The zero-order valence-corrected chi connectivity index (χ0v) is 22.3. The van der Waals surface area contributed by atoms with Crippen LogP contribution in [0.25, 0.3) is 0 Å². The van der Waals surface area contributed by atoms with Crippen molar-refractivity contribution in [1.29, 1.82) is 0 Å². The van der Waals surface area contributed by atoms with E-state index in [0.717, 1.165) is 47.8 Å². The quantitative estimate of drug-likeness (QED) is 0.433. The van der Waals surface area contributed by atoms with Crippen molar-refractivity contribution >= 4 is 0 Å². The van der Waals surface area contributed by atoms with E-state index < -0.39 is 0 Å². The molecule has 3 saturated carbocycles. The standard InChI is InChI=1S/C31H49NO/c1-20(2)8-7-9-21(3)24-13-14-25-22-10-12-26-23-11-15-29(33-6)32-28(23)17-19-31(26,5)27(22)16-18-30(24,25)4/h11,15,20-22,24-27H,7-10,12-14,16-19H2,1-6H3. The van der Waals surface area contributed by atoms with Crippen LogP contribution in [0.5, 0.6) is 5.88 Å². The van der Waals surface area contributed by atoms with E-state index in [0.29, 0.717) is 16.7 Å². The molecule has 0 saturated heterocycles. The maximum absolute atomic E-state index is 5.44. The molecule has 33 heavy (non-hydrogen) atoms. The first-order valence-electron chi connectivity index (χ1n) is 14.3. The molecule has 0 aliphatic heterocycles. The first-order valence-corrected chi connectivity index (χ1v) is 14.3. The van der Waals surface area contributed by atoms with Crippen molar-refractivity contribution in [1.82, 2.24) is 4.98 Å². The first kappa shape index (κ1) is 23.7. The van der Waals surface area contributed by atoms with Crippen molar-refractivity contribution in [3.8, 4) is 5.88 Å². The van der Waals surface area contributed by atoms with E-state index in [-0.39, 0.29) is 0 Å². The number of fused-ring (bicyclic) bond motifs is 7. The van der Waals surface area contributed by atoms with Gasteiger partial charge >= 0.3 is 0 Å². The van der Waals surface area contributed by atoms with Crippen molar-refractivity contribution in [2.24, 2.45) is 46.3 Å². The van der Waals surface area contributed by atoms with Crippen LogP contribution in [-0.4, -0.2) is 12.1 Å². The Hall–Kier alpha value is -1.05. The molecule has 5 rings (SSSR count). The van der Waals surface area contributed by atoms with Crippen molar-refractivity contribution in [3.05, 3.63) is 23.4 Å². The van der Waals surface area contributed by atoms with Crippen molar-refractivity contribution in [2.45, 2.75) is 111 Å². The van der Waals surface area contributed by atoms with Crippen LogP contribution in [-0.2, 0) is 6.42 Å². The van der Waals surface area contributed by atoms with Gasteiger partial charge in [0, 0.05) is 11.8 Å². The number of aromatic nitrogens is 1. The van der Waals surface area contributed by atoms with Gasteiger partial charge in [-0.1, -0.05) is 59.9 Å². The van der Waals surface area contributed by atoms with Gasteiger partial charge < -0.3 is 4.74 Å². The summed E-state index contributed by atoms with van der Waals surface area (Å²) in [4.78, 5) is 4.86. The average molecular weight is 452 g/mol. The molecule has 8 unspecified atom stereocenters. The van der Waals surface area contributed by atoms with Gasteiger partial charge in [-0.2, -0.15) is 0 Å². The van der Waals surface area contributed by atoms with Crippen LogP contribution in [0.2, 0.25) is 0 Å². The van der Waals surface area contributed by atoms with Crippen molar-refractivity contribution < 1.29 is 4.74 Å². The SMILES string of the molecule is COc1ccc2c(n1)CCC1(C)C2CCC2C1CCC1(C)C(C(C)CCCC(C)C)CCC21. The third-order valence-electron chi connectivity index (χ3n) is 11.5. The van der Waals surface area contributed by atoms with Gasteiger partial charge in [0.05, 0.1) is 7.11 Å². The molecule has 3 fully saturated rings. The van der Waals surface area contributed by atoms with E-state index in [1.807, 2.05) is 0 Å². The molecule has 1 aromatic heterocycles. The number of ether oxygens (including phenoxy) is 1. The third kappa shape index (κ3) is 3.86. The summed E-state index contributed by atoms with van der Waals surface area (Å²) < 4.78 is 5.44. The molecule has 1 heterocycles. The maximum atomic E-state index is 5.44. The largest absolute Gasteiger partial charge is 0.481 e. The van der Waals surface area contributed by atoms with Gasteiger partial charge in [0.25, 0.3) is 0 Å². The second-order valence-electron chi connectivity index (χ2n) is 13.4. The Morgan fingerprint density at radius 2 is 1.73 bits per heavy atom. The zero-order valence-electron chi connectivity index (χ0n) is 22.3. The summed E-state index contributed by atoms with van der Waals surface area (Å²) in [6.45, 7) is 12.8. The van der Waals surface area contributed by atoms with Crippen LogP contribution in [0.1, 0.15) is 116 Å². The number of hydrogen-bond acceptors (Lipinski definition) is 2. The number of hydrogen-bond donors (Lipinski definition) is 0.